The monoisotopic (exact) mass is 343 g/mol. The molecule has 1 saturated heterocycles. The molecule has 0 radical (unpaired) electrons. The number of halogens is 1. The number of carbonyl (C=O) groups excluding carboxylic acids is 1. The van der Waals surface area contributed by atoms with Crippen molar-refractivity contribution in [2.45, 2.75) is 12.8 Å². The number of hydrogen-bond acceptors (Lipinski definition) is 2. The van der Waals surface area contributed by atoms with Gasteiger partial charge in [-0.2, -0.15) is 4.48 Å². The minimum atomic E-state index is 0.00376. The van der Waals surface area contributed by atoms with Gasteiger partial charge in [0.1, 0.15) is 23.8 Å². The second kappa shape index (κ2) is 7.93. The Morgan fingerprint density at radius 3 is 1.88 bits per heavy atom. The lowest BCUT2D eigenvalue weighted by Crippen LogP contribution is -2.54. The fourth-order valence-electron chi connectivity index (χ4n) is 3.58. The Morgan fingerprint density at radius 1 is 0.917 bits per heavy atom. The molecule has 4 heteroatoms. The lowest BCUT2D eigenvalue weighted by Gasteiger charge is -2.35. The highest BCUT2D eigenvalue weighted by atomic mass is 35.5. The third-order valence-electron chi connectivity index (χ3n) is 4.88. The van der Waals surface area contributed by atoms with Crippen molar-refractivity contribution in [2.75, 3.05) is 32.1 Å². The molecule has 0 atom stereocenters. The van der Waals surface area contributed by atoms with E-state index in [0.717, 1.165) is 31.0 Å². The Kier molecular flexibility index (Phi) is 5.67. The van der Waals surface area contributed by atoms with Crippen LogP contribution in [0.4, 0.5) is 11.4 Å². The maximum absolute atomic E-state index is 13.1. The van der Waals surface area contributed by atoms with Crippen molar-refractivity contribution >= 4 is 28.9 Å². The Balaban J connectivity index is 2.04. The van der Waals surface area contributed by atoms with E-state index in [1.54, 1.807) is 0 Å². The summed E-state index contributed by atoms with van der Waals surface area (Å²) >= 11 is 6.05. The minimum absolute atomic E-state index is 0.00376. The molecule has 0 bridgehead atoms. The molecule has 1 aliphatic heterocycles. The number of likely N-dealkylation sites (tertiary alicyclic amines) is 1. The van der Waals surface area contributed by atoms with E-state index in [-0.39, 0.29) is 16.3 Å². The molecular weight excluding hydrogens is 320 g/mol. The molecule has 3 nitrogen and oxygen atoms in total. The van der Waals surface area contributed by atoms with Crippen molar-refractivity contribution in [2.24, 2.45) is 0 Å². The van der Waals surface area contributed by atoms with Crippen LogP contribution in [-0.4, -0.2) is 42.9 Å². The van der Waals surface area contributed by atoms with Gasteiger partial charge in [0.05, 0.1) is 0 Å². The van der Waals surface area contributed by atoms with Gasteiger partial charge in [-0.25, -0.2) is 4.79 Å². The Bertz CT molecular complexity index is 614. The van der Waals surface area contributed by atoms with Gasteiger partial charge in [-0.3, -0.25) is 4.90 Å². The van der Waals surface area contributed by atoms with Gasteiger partial charge in [0.25, 0.3) is 0 Å². The summed E-state index contributed by atoms with van der Waals surface area (Å²) in [5, 5.41) is 0. The third kappa shape index (κ3) is 3.39. The van der Waals surface area contributed by atoms with Gasteiger partial charge < -0.3 is 0 Å². The zero-order valence-corrected chi connectivity index (χ0v) is 14.7. The van der Waals surface area contributed by atoms with Crippen LogP contribution in [0.25, 0.3) is 0 Å². The van der Waals surface area contributed by atoms with Gasteiger partial charge >= 0.3 is 5.91 Å². The number of hydrogen-bond donors (Lipinski definition) is 0. The first-order valence-electron chi connectivity index (χ1n) is 8.58. The predicted molar refractivity (Wildman–Crippen MR) is 101 cm³/mol. The van der Waals surface area contributed by atoms with E-state index < -0.39 is 0 Å². The summed E-state index contributed by atoms with van der Waals surface area (Å²) in [7, 11) is 0. The summed E-state index contributed by atoms with van der Waals surface area (Å²) in [6.45, 7) is 3.85. The van der Waals surface area contributed by atoms with Crippen LogP contribution in [-0.2, 0) is 4.79 Å². The fourth-order valence-corrected chi connectivity index (χ4v) is 3.79. The summed E-state index contributed by atoms with van der Waals surface area (Å²) in [6.07, 6.45) is 2.50. The molecular formula is C20H24ClN2O+. The molecule has 1 fully saturated rings. The molecule has 126 valence electrons. The Morgan fingerprint density at radius 2 is 1.42 bits per heavy atom. The largest absolute Gasteiger partial charge is 0.338 e. The lowest BCUT2D eigenvalue weighted by molar-refractivity contribution is -0.125. The smallest absolute Gasteiger partial charge is 0.298 e. The van der Waals surface area contributed by atoms with Gasteiger partial charge in [-0.15, -0.1) is 11.6 Å². The average molecular weight is 344 g/mol. The number of rotatable bonds is 6. The molecule has 2 aromatic carbocycles. The normalized spacial score (nSPS) is 15.5. The molecule has 0 saturated carbocycles. The van der Waals surface area contributed by atoms with Crippen molar-refractivity contribution in [1.29, 1.82) is 0 Å². The maximum atomic E-state index is 13.1. The van der Waals surface area contributed by atoms with E-state index in [1.807, 2.05) is 60.7 Å². The van der Waals surface area contributed by atoms with E-state index in [1.165, 1.54) is 12.8 Å². The summed E-state index contributed by atoms with van der Waals surface area (Å²) < 4.78 is 0.182. The standard InChI is InChI=1S/C20H24ClN2O/c21-17-20(24)23(18-9-3-1-4-10-18,19-11-5-2-6-12-19)16-15-22-13-7-8-14-22/h1-6,9-12H,7-8,13-17H2/q+1. The van der Waals surface area contributed by atoms with E-state index >= 15 is 0 Å². The molecule has 2 aromatic rings. The zero-order chi connectivity index (χ0) is 16.8. The van der Waals surface area contributed by atoms with Crippen LogP contribution < -0.4 is 4.48 Å². The fraction of sp³-hybridized carbons (Fsp3) is 0.350. The number of carbonyl (C=O) groups is 1. The van der Waals surface area contributed by atoms with Crippen molar-refractivity contribution in [3.63, 3.8) is 0 Å². The minimum Gasteiger partial charge on any atom is -0.298 e. The van der Waals surface area contributed by atoms with Gasteiger partial charge in [-0.05, 0) is 25.9 Å². The Hall–Kier alpha value is -1.68. The van der Waals surface area contributed by atoms with Crippen LogP contribution in [0, 0.1) is 0 Å². The lowest BCUT2D eigenvalue weighted by atomic mass is 10.1. The van der Waals surface area contributed by atoms with Crippen LogP contribution in [0.5, 0.6) is 0 Å². The molecule has 1 aliphatic rings. The predicted octanol–water partition coefficient (Wildman–Crippen LogP) is 4.19. The van der Waals surface area contributed by atoms with E-state index in [9.17, 15) is 4.79 Å². The molecule has 1 heterocycles. The topological polar surface area (TPSA) is 20.3 Å². The highest BCUT2D eigenvalue weighted by Crippen LogP contribution is 2.35. The summed E-state index contributed by atoms with van der Waals surface area (Å²) in [5.41, 5.74) is 1.96. The van der Waals surface area contributed by atoms with Crippen molar-refractivity contribution in [1.82, 2.24) is 9.38 Å². The van der Waals surface area contributed by atoms with E-state index in [2.05, 4.69) is 4.90 Å². The number of benzene rings is 2. The molecule has 0 aromatic heterocycles. The second-order valence-electron chi connectivity index (χ2n) is 6.28. The van der Waals surface area contributed by atoms with Gasteiger partial charge in [0.2, 0.25) is 0 Å². The highest BCUT2D eigenvalue weighted by molar-refractivity contribution is 6.29. The summed E-state index contributed by atoms with van der Waals surface area (Å²) in [5.74, 6) is 0.0253. The first-order valence-corrected chi connectivity index (χ1v) is 9.12. The molecule has 3 rings (SSSR count). The number of quaternary nitrogens is 1. The van der Waals surface area contributed by atoms with E-state index in [0.29, 0.717) is 6.54 Å². The first-order chi connectivity index (χ1) is 11.8. The van der Waals surface area contributed by atoms with Crippen molar-refractivity contribution in [3.05, 3.63) is 60.7 Å². The molecule has 0 unspecified atom stereocenters. The average Bonchev–Trinajstić information content (AvgIpc) is 3.17. The third-order valence-corrected chi connectivity index (χ3v) is 5.11. The second-order valence-corrected chi connectivity index (χ2v) is 6.55. The van der Waals surface area contributed by atoms with Crippen LogP contribution in [0.15, 0.2) is 60.7 Å². The van der Waals surface area contributed by atoms with Crippen LogP contribution in [0.1, 0.15) is 12.8 Å². The maximum Gasteiger partial charge on any atom is 0.338 e. The molecule has 24 heavy (non-hydrogen) atoms. The van der Waals surface area contributed by atoms with E-state index in [4.69, 9.17) is 11.6 Å². The van der Waals surface area contributed by atoms with Gasteiger partial charge in [0.15, 0.2) is 0 Å². The van der Waals surface area contributed by atoms with Crippen molar-refractivity contribution < 1.29 is 4.79 Å². The first kappa shape index (κ1) is 17.2. The SMILES string of the molecule is O=C(CCl)[N+](CCN1CCCC1)(c1ccccc1)c1ccccc1. The number of nitrogens with zero attached hydrogens (tertiary/aromatic N) is 2. The van der Waals surface area contributed by atoms with Crippen LogP contribution in [0.2, 0.25) is 0 Å². The zero-order valence-electron chi connectivity index (χ0n) is 13.9. The quantitative estimate of drug-likeness (QED) is 0.579. The highest BCUT2D eigenvalue weighted by Gasteiger charge is 2.41. The molecule has 0 spiro atoms. The summed E-state index contributed by atoms with van der Waals surface area (Å²) in [4.78, 5) is 15.5. The molecule has 0 N–H and O–H groups in total. The van der Waals surface area contributed by atoms with Crippen LogP contribution >= 0.6 is 11.6 Å². The van der Waals surface area contributed by atoms with Gasteiger partial charge in [-0.1, -0.05) is 36.4 Å². The molecule has 0 aliphatic carbocycles. The molecule has 1 amide bonds. The number of amides is 1. The summed E-state index contributed by atoms with van der Waals surface area (Å²) in [6, 6.07) is 20.0. The van der Waals surface area contributed by atoms with Crippen molar-refractivity contribution in [3.8, 4) is 0 Å². The number of alkyl halides is 1. The van der Waals surface area contributed by atoms with Gasteiger partial charge in [0, 0.05) is 30.8 Å². The number of para-hydroxylation sites is 2. The van der Waals surface area contributed by atoms with Crippen LogP contribution in [0.3, 0.4) is 0 Å². The Labute approximate surface area is 149 Å².